The largest absolute Gasteiger partial charge is 0.477 e. The molecule has 0 saturated heterocycles. The van der Waals surface area contributed by atoms with Gasteiger partial charge in [-0.25, -0.2) is 9.78 Å². The first-order valence-electron chi connectivity index (χ1n) is 6.55. The van der Waals surface area contributed by atoms with E-state index in [1.807, 2.05) is 25.1 Å². The number of carbonyl (C=O) groups is 1. The van der Waals surface area contributed by atoms with Crippen LogP contribution in [0, 0.1) is 0 Å². The molecule has 0 bridgehead atoms. The number of aliphatic hydroxyl groups is 1. The third kappa shape index (κ3) is 3.24. The summed E-state index contributed by atoms with van der Waals surface area (Å²) in [6, 6.07) is 8.95. The normalized spacial score (nSPS) is 13.9. The molecule has 0 aliphatic rings. The van der Waals surface area contributed by atoms with Gasteiger partial charge in [-0.15, -0.1) is 0 Å². The fourth-order valence-electron chi connectivity index (χ4n) is 2.24. The summed E-state index contributed by atoms with van der Waals surface area (Å²) in [6.45, 7) is 3.67. The molecule has 3 N–H and O–H groups in total. The number of nitrogens with one attached hydrogen (secondary N) is 1. The molecular formula is C15H18N2O3. The van der Waals surface area contributed by atoms with Crippen LogP contribution in [0.5, 0.6) is 0 Å². The van der Waals surface area contributed by atoms with Crippen LogP contribution in [0.25, 0.3) is 10.9 Å². The molecule has 2 aromatic rings. The van der Waals surface area contributed by atoms with Gasteiger partial charge in [-0.05, 0) is 32.4 Å². The second-order valence-electron chi connectivity index (χ2n) is 5.01. The number of hydrogen-bond donors (Lipinski definition) is 3. The van der Waals surface area contributed by atoms with E-state index < -0.39 is 12.1 Å². The molecule has 0 radical (unpaired) electrons. The van der Waals surface area contributed by atoms with Crippen LogP contribution in [0.2, 0.25) is 0 Å². The minimum absolute atomic E-state index is 0.00967. The SMILES string of the molecule is CC(O)CC(C)Nc1cc(C(=O)O)nc2ccccc12. The molecule has 0 amide bonds. The van der Waals surface area contributed by atoms with E-state index in [0.29, 0.717) is 11.9 Å². The molecule has 0 aliphatic carbocycles. The third-order valence-electron chi connectivity index (χ3n) is 3.03. The second kappa shape index (κ2) is 5.88. The fourth-order valence-corrected chi connectivity index (χ4v) is 2.24. The summed E-state index contributed by atoms with van der Waals surface area (Å²) < 4.78 is 0. The lowest BCUT2D eigenvalue weighted by atomic mass is 10.1. The Balaban J connectivity index is 2.42. The van der Waals surface area contributed by atoms with Gasteiger partial charge in [0.05, 0.1) is 11.6 Å². The van der Waals surface area contributed by atoms with Gasteiger partial charge in [0.2, 0.25) is 0 Å². The van der Waals surface area contributed by atoms with Crippen molar-refractivity contribution in [3.05, 3.63) is 36.0 Å². The summed E-state index contributed by atoms with van der Waals surface area (Å²) in [5, 5.41) is 22.6. The molecule has 1 aromatic carbocycles. The van der Waals surface area contributed by atoms with Crippen molar-refractivity contribution >= 4 is 22.6 Å². The van der Waals surface area contributed by atoms with Gasteiger partial charge in [0.1, 0.15) is 0 Å². The lowest BCUT2D eigenvalue weighted by Gasteiger charge is -2.18. The molecule has 2 unspecified atom stereocenters. The van der Waals surface area contributed by atoms with Gasteiger partial charge in [0.25, 0.3) is 0 Å². The zero-order valence-electron chi connectivity index (χ0n) is 11.5. The van der Waals surface area contributed by atoms with Gasteiger partial charge in [-0.2, -0.15) is 0 Å². The van der Waals surface area contributed by atoms with E-state index >= 15 is 0 Å². The maximum Gasteiger partial charge on any atom is 0.354 e. The van der Waals surface area contributed by atoms with E-state index in [9.17, 15) is 9.90 Å². The Hall–Kier alpha value is -2.14. The summed E-state index contributed by atoms with van der Waals surface area (Å²) in [5.74, 6) is -1.05. The molecule has 5 heteroatoms. The quantitative estimate of drug-likeness (QED) is 0.780. The molecular weight excluding hydrogens is 256 g/mol. The number of aliphatic hydroxyl groups excluding tert-OH is 1. The van der Waals surface area contributed by atoms with E-state index in [2.05, 4.69) is 10.3 Å². The molecule has 20 heavy (non-hydrogen) atoms. The molecule has 1 aromatic heterocycles. The predicted octanol–water partition coefficient (Wildman–Crippen LogP) is 2.50. The molecule has 0 fully saturated rings. The molecule has 2 rings (SSSR count). The summed E-state index contributed by atoms with van der Waals surface area (Å²) in [6.07, 6.45) is 0.170. The third-order valence-corrected chi connectivity index (χ3v) is 3.03. The van der Waals surface area contributed by atoms with Gasteiger partial charge in [-0.1, -0.05) is 18.2 Å². The van der Waals surface area contributed by atoms with Crippen molar-refractivity contribution in [2.45, 2.75) is 32.4 Å². The van der Waals surface area contributed by atoms with Gasteiger partial charge in [0.15, 0.2) is 5.69 Å². The zero-order valence-corrected chi connectivity index (χ0v) is 11.5. The van der Waals surface area contributed by atoms with Crippen LogP contribution in [-0.2, 0) is 0 Å². The Morgan fingerprint density at radius 2 is 2.05 bits per heavy atom. The average Bonchev–Trinajstić information content (AvgIpc) is 2.37. The Morgan fingerprint density at radius 1 is 1.35 bits per heavy atom. The molecule has 0 aliphatic heterocycles. The monoisotopic (exact) mass is 274 g/mol. The lowest BCUT2D eigenvalue weighted by Crippen LogP contribution is -2.21. The van der Waals surface area contributed by atoms with E-state index in [1.165, 1.54) is 6.07 Å². The number of para-hydroxylation sites is 1. The molecule has 106 valence electrons. The highest BCUT2D eigenvalue weighted by Crippen LogP contribution is 2.24. The number of benzene rings is 1. The van der Waals surface area contributed by atoms with Gasteiger partial charge in [0, 0.05) is 17.1 Å². The smallest absolute Gasteiger partial charge is 0.354 e. The van der Waals surface area contributed by atoms with E-state index in [1.54, 1.807) is 13.0 Å². The number of hydrogen-bond acceptors (Lipinski definition) is 4. The minimum atomic E-state index is -1.05. The van der Waals surface area contributed by atoms with Crippen LogP contribution in [0.3, 0.4) is 0 Å². The minimum Gasteiger partial charge on any atom is -0.477 e. The topological polar surface area (TPSA) is 82.5 Å². The molecule has 0 spiro atoms. The van der Waals surface area contributed by atoms with Crippen LogP contribution in [0.15, 0.2) is 30.3 Å². The Labute approximate surface area is 117 Å². The van der Waals surface area contributed by atoms with Gasteiger partial charge < -0.3 is 15.5 Å². The number of aromatic nitrogens is 1. The van der Waals surface area contributed by atoms with Crippen molar-refractivity contribution in [2.75, 3.05) is 5.32 Å². The predicted molar refractivity (Wildman–Crippen MR) is 78.1 cm³/mol. The number of carboxylic acids is 1. The van der Waals surface area contributed by atoms with Crippen molar-refractivity contribution in [3.63, 3.8) is 0 Å². The number of pyridine rings is 1. The highest BCUT2D eigenvalue weighted by atomic mass is 16.4. The highest BCUT2D eigenvalue weighted by Gasteiger charge is 2.13. The fraction of sp³-hybridized carbons (Fsp3) is 0.333. The number of aromatic carboxylic acids is 1. The maximum absolute atomic E-state index is 11.1. The van der Waals surface area contributed by atoms with Gasteiger partial charge >= 0.3 is 5.97 Å². The van der Waals surface area contributed by atoms with Crippen molar-refractivity contribution in [3.8, 4) is 0 Å². The van der Waals surface area contributed by atoms with Crippen molar-refractivity contribution in [2.24, 2.45) is 0 Å². The van der Waals surface area contributed by atoms with E-state index in [4.69, 9.17) is 5.11 Å². The molecule has 0 saturated carbocycles. The van der Waals surface area contributed by atoms with Crippen LogP contribution in [0.1, 0.15) is 30.8 Å². The van der Waals surface area contributed by atoms with Crippen LogP contribution >= 0.6 is 0 Å². The van der Waals surface area contributed by atoms with Crippen molar-refractivity contribution < 1.29 is 15.0 Å². The van der Waals surface area contributed by atoms with Crippen molar-refractivity contribution in [1.82, 2.24) is 4.98 Å². The van der Waals surface area contributed by atoms with Crippen molar-refractivity contribution in [1.29, 1.82) is 0 Å². The molecule has 5 nitrogen and oxygen atoms in total. The Morgan fingerprint density at radius 3 is 2.70 bits per heavy atom. The molecule has 2 atom stereocenters. The number of carboxylic acid groups (broad SMARTS) is 1. The number of anilines is 1. The lowest BCUT2D eigenvalue weighted by molar-refractivity contribution is 0.0691. The molecule has 1 heterocycles. The number of nitrogens with zero attached hydrogens (tertiary/aromatic N) is 1. The van der Waals surface area contributed by atoms with Crippen LogP contribution in [0.4, 0.5) is 5.69 Å². The Bertz CT molecular complexity index is 626. The Kier molecular flexibility index (Phi) is 4.20. The first-order valence-corrected chi connectivity index (χ1v) is 6.55. The summed E-state index contributed by atoms with van der Waals surface area (Å²) in [7, 11) is 0. The van der Waals surface area contributed by atoms with E-state index in [-0.39, 0.29) is 11.7 Å². The first-order chi connectivity index (χ1) is 9.47. The average molecular weight is 274 g/mol. The highest BCUT2D eigenvalue weighted by molar-refractivity contribution is 5.97. The van der Waals surface area contributed by atoms with Crippen LogP contribution in [-0.4, -0.2) is 33.3 Å². The summed E-state index contributed by atoms with van der Waals surface area (Å²) in [5.41, 5.74) is 1.37. The maximum atomic E-state index is 11.1. The zero-order chi connectivity index (χ0) is 14.7. The first kappa shape index (κ1) is 14.3. The van der Waals surface area contributed by atoms with Gasteiger partial charge in [-0.3, -0.25) is 0 Å². The summed E-state index contributed by atoms with van der Waals surface area (Å²) in [4.78, 5) is 15.2. The standard InChI is InChI=1S/C15H18N2O3/c1-9(7-10(2)18)16-13-8-14(15(19)20)17-12-6-4-3-5-11(12)13/h3-6,8-10,18H,7H2,1-2H3,(H,16,17)(H,19,20). The van der Waals surface area contributed by atoms with Crippen LogP contribution < -0.4 is 5.32 Å². The number of fused-ring (bicyclic) bond motifs is 1. The summed E-state index contributed by atoms with van der Waals surface area (Å²) >= 11 is 0. The van der Waals surface area contributed by atoms with E-state index in [0.717, 1.165) is 11.1 Å². The number of rotatable bonds is 5. The second-order valence-corrected chi connectivity index (χ2v) is 5.01.